The number of carbonyl (C=O) groups is 2. The zero-order valence-electron chi connectivity index (χ0n) is 13.8. The van der Waals surface area contributed by atoms with Crippen LogP contribution >= 0.6 is 0 Å². The number of H-pyrrole nitrogens is 1. The summed E-state index contributed by atoms with van der Waals surface area (Å²) in [5.74, 6) is -0.330. The molecule has 0 aliphatic rings. The number of rotatable bonds is 6. The smallest absolute Gasteiger partial charge is 0.270 e. The molecule has 0 radical (unpaired) electrons. The molecule has 7 heteroatoms. The number of hydrogen-bond acceptors (Lipinski definition) is 4. The second kappa shape index (κ2) is 7.57. The summed E-state index contributed by atoms with van der Waals surface area (Å²) in [7, 11) is 0. The summed E-state index contributed by atoms with van der Waals surface area (Å²) in [6.07, 6.45) is 2.81. The van der Waals surface area contributed by atoms with E-state index in [1.54, 1.807) is 18.2 Å². The van der Waals surface area contributed by atoms with Gasteiger partial charge in [-0.05, 0) is 30.7 Å². The fourth-order valence-electron chi connectivity index (χ4n) is 2.50. The Labute approximate surface area is 144 Å². The van der Waals surface area contributed by atoms with Crippen molar-refractivity contribution in [2.75, 3.05) is 5.32 Å². The Morgan fingerprint density at radius 2 is 1.96 bits per heavy atom. The minimum absolute atomic E-state index is 0.278. The molecule has 7 nitrogen and oxygen atoms in total. The summed E-state index contributed by atoms with van der Waals surface area (Å²) in [5, 5.41) is 5.47. The summed E-state index contributed by atoms with van der Waals surface area (Å²) in [6.45, 7) is 1.95. The van der Waals surface area contributed by atoms with Crippen molar-refractivity contribution >= 4 is 28.8 Å². The van der Waals surface area contributed by atoms with E-state index in [1.807, 2.05) is 31.2 Å². The van der Waals surface area contributed by atoms with Crippen LogP contribution in [0.15, 0.2) is 48.7 Å². The molecule has 2 aromatic heterocycles. The van der Waals surface area contributed by atoms with Crippen LogP contribution in [-0.4, -0.2) is 32.8 Å². The molecule has 0 aliphatic carbocycles. The molecule has 0 bridgehead atoms. The van der Waals surface area contributed by atoms with Crippen LogP contribution in [0.4, 0.5) is 5.95 Å². The van der Waals surface area contributed by atoms with E-state index in [-0.39, 0.29) is 17.5 Å². The van der Waals surface area contributed by atoms with Crippen molar-refractivity contribution in [3.63, 3.8) is 0 Å². The summed E-state index contributed by atoms with van der Waals surface area (Å²) >= 11 is 0. The van der Waals surface area contributed by atoms with E-state index in [0.717, 1.165) is 17.5 Å². The zero-order chi connectivity index (χ0) is 17.6. The average Bonchev–Trinajstić information content (AvgIpc) is 3.04. The number of benzene rings is 1. The molecule has 1 aromatic carbocycles. The lowest BCUT2D eigenvalue weighted by molar-refractivity contribution is -0.118. The first-order chi connectivity index (χ1) is 12.2. The van der Waals surface area contributed by atoms with Crippen LogP contribution in [-0.2, 0) is 4.79 Å². The maximum Gasteiger partial charge on any atom is 0.270 e. The quantitative estimate of drug-likeness (QED) is 0.643. The second-order valence-corrected chi connectivity index (χ2v) is 5.62. The summed E-state index contributed by atoms with van der Waals surface area (Å²) < 4.78 is 0. The van der Waals surface area contributed by atoms with Gasteiger partial charge < -0.3 is 10.3 Å². The van der Waals surface area contributed by atoms with Crippen LogP contribution in [0.25, 0.3) is 11.0 Å². The molecule has 128 valence electrons. The highest BCUT2D eigenvalue weighted by atomic mass is 16.2. The van der Waals surface area contributed by atoms with Crippen LogP contribution in [0, 0.1) is 0 Å². The van der Waals surface area contributed by atoms with Crippen molar-refractivity contribution < 1.29 is 9.59 Å². The number of nitrogens with zero attached hydrogens (tertiary/aromatic N) is 2. The van der Waals surface area contributed by atoms with Crippen molar-refractivity contribution in [3.8, 4) is 0 Å². The third kappa shape index (κ3) is 4.00. The predicted molar refractivity (Wildman–Crippen MR) is 95.1 cm³/mol. The lowest BCUT2D eigenvalue weighted by Gasteiger charge is -2.16. The first kappa shape index (κ1) is 16.6. The molecule has 0 saturated heterocycles. The van der Waals surface area contributed by atoms with Gasteiger partial charge in [-0.3, -0.25) is 19.9 Å². The fraction of sp³-hybridized carbons (Fsp3) is 0.222. The maximum atomic E-state index is 12.5. The molecule has 3 aromatic rings. The van der Waals surface area contributed by atoms with E-state index in [4.69, 9.17) is 0 Å². The third-order valence-corrected chi connectivity index (χ3v) is 3.73. The van der Waals surface area contributed by atoms with Gasteiger partial charge in [0, 0.05) is 6.20 Å². The van der Waals surface area contributed by atoms with Gasteiger partial charge in [0.05, 0.1) is 11.0 Å². The van der Waals surface area contributed by atoms with Gasteiger partial charge in [0.1, 0.15) is 11.7 Å². The topological polar surface area (TPSA) is 99.8 Å². The first-order valence-corrected chi connectivity index (χ1v) is 8.15. The van der Waals surface area contributed by atoms with Crippen molar-refractivity contribution in [2.24, 2.45) is 0 Å². The van der Waals surface area contributed by atoms with E-state index in [9.17, 15) is 9.59 Å². The highest BCUT2D eigenvalue weighted by Crippen LogP contribution is 2.14. The Kier molecular flexibility index (Phi) is 5.03. The van der Waals surface area contributed by atoms with Gasteiger partial charge >= 0.3 is 0 Å². The van der Waals surface area contributed by atoms with Crippen LogP contribution in [0.5, 0.6) is 0 Å². The molecule has 0 aliphatic heterocycles. The summed E-state index contributed by atoms with van der Waals surface area (Å²) in [6, 6.07) is 11.9. The van der Waals surface area contributed by atoms with Crippen molar-refractivity contribution in [2.45, 2.75) is 25.8 Å². The molecule has 2 amide bonds. The number of imidazole rings is 1. The Balaban J connectivity index is 1.70. The number of aromatic nitrogens is 3. The number of carbonyl (C=O) groups excluding carboxylic acids is 2. The minimum atomic E-state index is -0.660. The Morgan fingerprint density at radius 3 is 2.68 bits per heavy atom. The van der Waals surface area contributed by atoms with Gasteiger partial charge in [-0.15, -0.1) is 0 Å². The molecule has 0 spiro atoms. The molecule has 3 rings (SSSR count). The fourth-order valence-corrected chi connectivity index (χ4v) is 2.50. The van der Waals surface area contributed by atoms with E-state index >= 15 is 0 Å². The van der Waals surface area contributed by atoms with Crippen LogP contribution in [0.2, 0.25) is 0 Å². The van der Waals surface area contributed by atoms with Gasteiger partial charge in [-0.2, -0.15) is 0 Å². The molecule has 25 heavy (non-hydrogen) atoms. The molecule has 0 saturated carbocycles. The number of anilines is 1. The standard InChI is InChI=1S/C18H19N5O2/c1-2-7-15(20-16(24)14-10-5-6-11-19-14)17(25)23-18-21-12-8-3-4-9-13(12)22-18/h3-6,8-11,15H,2,7H2,1H3,(H,20,24)(H2,21,22,23,25)/t15-/m0/s1. The van der Waals surface area contributed by atoms with Crippen LogP contribution < -0.4 is 10.6 Å². The largest absolute Gasteiger partial charge is 0.339 e. The van der Waals surface area contributed by atoms with Gasteiger partial charge in [0.2, 0.25) is 11.9 Å². The monoisotopic (exact) mass is 337 g/mol. The van der Waals surface area contributed by atoms with Crippen molar-refractivity contribution in [1.29, 1.82) is 0 Å². The number of pyridine rings is 1. The van der Waals surface area contributed by atoms with Gasteiger partial charge in [-0.1, -0.05) is 31.5 Å². The summed E-state index contributed by atoms with van der Waals surface area (Å²) in [5.41, 5.74) is 1.88. The average molecular weight is 337 g/mol. The van der Waals surface area contributed by atoms with Gasteiger partial charge in [-0.25, -0.2) is 4.98 Å². The van der Waals surface area contributed by atoms with Gasteiger partial charge in [0.15, 0.2) is 0 Å². The Morgan fingerprint density at radius 1 is 1.16 bits per heavy atom. The Bertz CT molecular complexity index is 842. The SMILES string of the molecule is CCC[C@H](NC(=O)c1ccccn1)C(=O)Nc1nc2ccccc2[nH]1. The lowest BCUT2D eigenvalue weighted by atomic mass is 10.1. The van der Waals surface area contributed by atoms with Crippen molar-refractivity contribution in [3.05, 3.63) is 54.4 Å². The first-order valence-electron chi connectivity index (χ1n) is 8.15. The molecular formula is C18H19N5O2. The number of para-hydroxylation sites is 2. The lowest BCUT2D eigenvalue weighted by Crippen LogP contribution is -2.44. The number of nitrogens with one attached hydrogen (secondary N) is 3. The maximum absolute atomic E-state index is 12.5. The highest BCUT2D eigenvalue weighted by Gasteiger charge is 2.22. The van der Waals surface area contributed by atoms with Crippen molar-refractivity contribution in [1.82, 2.24) is 20.3 Å². The molecule has 1 atom stereocenters. The second-order valence-electron chi connectivity index (χ2n) is 5.62. The molecule has 3 N–H and O–H groups in total. The minimum Gasteiger partial charge on any atom is -0.339 e. The molecule has 0 unspecified atom stereocenters. The Hall–Kier alpha value is -3.22. The normalized spacial score (nSPS) is 11.9. The van der Waals surface area contributed by atoms with E-state index in [1.165, 1.54) is 6.20 Å². The summed E-state index contributed by atoms with van der Waals surface area (Å²) in [4.78, 5) is 36.2. The molecule has 0 fully saturated rings. The third-order valence-electron chi connectivity index (χ3n) is 3.73. The molecular weight excluding hydrogens is 318 g/mol. The number of hydrogen-bond donors (Lipinski definition) is 3. The molecule has 2 heterocycles. The highest BCUT2D eigenvalue weighted by molar-refractivity contribution is 6.00. The number of aromatic amines is 1. The zero-order valence-corrected chi connectivity index (χ0v) is 13.8. The van der Waals surface area contributed by atoms with E-state index < -0.39 is 6.04 Å². The van der Waals surface area contributed by atoms with Gasteiger partial charge in [0.25, 0.3) is 5.91 Å². The number of fused-ring (bicyclic) bond motifs is 1. The van der Waals surface area contributed by atoms with E-state index in [0.29, 0.717) is 12.4 Å². The number of amides is 2. The van der Waals surface area contributed by atoms with E-state index in [2.05, 4.69) is 25.6 Å². The van der Waals surface area contributed by atoms with Crippen LogP contribution in [0.3, 0.4) is 0 Å². The van der Waals surface area contributed by atoms with Crippen LogP contribution in [0.1, 0.15) is 30.3 Å². The predicted octanol–water partition coefficient (Wildman–Crippen LogP) is 2.50.